The minimum Gasteiger partial charge on any atom is -0.478 e. The van der Waals surface area contributed by atoms with Gasteiger partial charge in [0.15, 0.2) is 0 Å². The van der Waals surface area contributed by atoms with Gasteiger partial charge < -0.3 is 24.4 Å². The first-order chi connectivity index (χ1) is 15.3. The Balaban J connectivity index is 0.000000305. The van der Waals surface area contributed by atoms with E-state index in [-0.39, 0.29) is 17.5 Å². The normalized spacial score (nSPS) is 19.6. The Labute approximate surface area is 186 Å². The minimum absolute atomic E-state index is 0.0852. The molecule has 1 aromatic carbocycles. The second-order valence-electron chi connectivity index (χ2n) is 7.75. The van der Waals surface area contributed by atoms with Gasteiger partial charge in [0.2, 0.25) is 0 Å². The summed E-state index contributed by atoms with van der Waals surface area (Å²) in [6.07, 6.45) is 8.14. The molecule has 1 fully saturated rings. The highest BCUT2D eigenvalue weighted by molar-refractivity contribution is 5.94. The number of amides is 1. The number of hydrogen-bond donors (Lipinski definition) is 3. The molecule has 0 aliphatic heterocycles. The number of carboxylic acid groups (broad SMARTS) is 1. The van der Waals surface area contributed by atoms with Crippen molar-refractivity contribution >= 4 is 11.9 Å². The molecule has 3 aromatic rings. The lowest BCUT2D eigenvalue weighted by atomic mass is 9.82. The number of carboxylic acids is 1. The molecule has 7 heteroatoms. The van der Waals surface area contributed by atoms with E-state index in [0.717, 1.165) is 24.0 Å². The molecule has 1 aliphatic rings. The topological polar surface area (TPSA) is 113 Å². The van der Waals surface area contributed by atoms with Crippen LogP contribution in [0.3, 0.4) is 0 Å². The van der Waals surface area contributed by atoms with Crippen molar-refractivity contribution in [2.75, 3.05) is 0 Å². The summed E-state index contributed by atoms with van der Waals surface area (Å²) in [5, 5.41) is 21.9. The van der Waals surface area contributed by atoms with Gasteiger partial charge in [0, 0.05) is 18.0 Å². The van der Waals surface area contributed by atoms with Crippen molar-refractivity contribution in [3.05, 3.63) is 83.7 Å². The van der Waals surface area contributed by atoms with Gasteiger partial charge in [-0.15, -0.1) is 0 Å². The second kappa shape index (κ2) is 10.5. The van der Waals surface area contributed by atoms with Crippen molar-refractivity contribution in [1.29, 1.82) is 0 Å². The van der Waals surface area contributed by atoms with Crippen LogP contribution in [0.25, 0.3) is 0 Å². The average Bonchev–Trinajstić information content (AvgIpc) is 3.47. The van der Waals surface area contributed by atoms with Gasteiger partial charge in [-0.3, -0.25) is 4.79 Å². The maximum Gasteiger partial charge on any atom is 0.338 e. The molecule has 1 aliphatic carbocycles. The van der Waals surface area contributed by atoms with Crippen LogP contribution in [0.4, 0.5) is 0 Å². The molecule has 0 spiro atoms. The van der Waals surface area contributed by atoms with Crippen molar-refractivity contribution in [3.63, 3.8) is 0 Å². The first-order valence-electron chi connectivity index (χ1n) is 10.3. The van der Waals surface area contributed by atoms with E-state index in [1.54, 1.807) is 6.07 Å². The number of furan rings is 2. The van der Waals surface area contributed by atoms with Gasteiger partial charge in [-0.2, -0.15) is 0 Å². The van der Waals surface area contributed by atoms with Crippen molar-refractivity contribution in [3.8, 4) is 11.8 Å². The number of aliphatic hydroxyl groups is 1. The van der Waals surface area contributed by atoms with E-state index in [0.29, 0.717) is 18.4 Å². The monoisotopic (exact) mass is 435 g/mol. The van der Waals surface area contributed by atoms with Gasteiger partial charge in [0.05, 0.1) is 23.7 Å². The molecule has 2 atom stereocenters. The molecule has 1 saturated carbocycles. The maximum absolute atomic E-state index is 12.1. The van der Waals surface area contributed by atoms with E-state index < -0.39 is 11.6 Å². The lowest BCUT2D eigenvalue weighted by molar-refractivity contribution is 0.0452. The third-order valence-electron chi connectivity index (χ3n) is 5.07. The fraction of sp³-hybridized carbons (Fsp3) is 0.280. The largest absolute Gasteiger partial charge is 0.478 e. The fourth-order valence-electron chi connectivity index (χ4n) is 3.45. The number of aryl methyl sites for hydroxylation is 1. The van der Waals surface area contributed by atoms with Crippen LogP contribution in [0.2, 0.25) is 0 Å². The van der Waals surface area contributed by atoms with Crippen LogP contribution in [0, 0.1) is 18.8 Å². The molecule has 4 rings (SSSR count). The number of carbonyl (C=O) groups excluding carboxylic acids is 1. The minimum atomic E-state index is -1.06. The first kappa shape index (κ1) is 22.9. The molecule has 0 unspecified atom stereocenters. The predicted molar refractivity (Wildman–Crippen MR) is 117 cm³/mol. The molecule has 0 saturated heterocycles. The van der Waals surface area contributed by atoms with Crippen LogP contribution < -0.4 is 5.32 Å². The Hall–Kier alpha value is -3.76. The fourth-order valence-corrected chi connectivity index (χ4v) is 3.45. The van der Waals surface area contributed by atoms with E-state index in [1.807, 2.05) is 31.2 Å². The molecule has 166 valence electrons. The van der Waals surface area contributed by atoms with E-state index in [1.165, 1.54) is 31.1 Å². The summed E-state index contributed by atoms with van der Waals surface area (Å²) in [5.41, 5.74) is 1.66. The summed E-state index contributed by atoms with van der Waals surface area (Å²) in [6.45, 7) is 2.02. The highest BCUT2D eigenvalue weighted by Crippen LogP contribution is 2.28. The highest BCUT2D eigenvalue weighted by atomic mass is 16.4. The summed E-state index contributed by atoms with van der Waals surface area (Å²) >= 11 is 0. The third-order valence-corrected chi connectivity index (χ3v) is 5.07. The zero-order chi connectivity index (χ0) is 23.0. The summed E-state index contributed by atoms with van der Waals surface area (Å²) in [6, 6.07) is 10.8. The predicted octanol–water partition coefficient (Wildman–Crippen LogP) is 4.02. The molecule has 1 amide bonds. The van der Waals surface area contributed by atoms with Crippen molar-refractivity contribution < 1.29 is 28.6 Å². The van der Waals surface area contributed by atoms with Crippen LogP contribution in [-0.4, -0.2) is 33.7 Å². The molecular formula is C25H25NO6. The Morgan fingerprint density at radius 1 is 1.12 bits per heavy atom. The molecule has 7 nitrogen and oxygen atoms in total. The lowest BCUT2D eigenvalue weighted by Gasteiger charge is -2.33. The zero-order valence-corrected chi connectivity index (χ0v) is 17.7. The number of hydrogen-bond acceptors (Lipinski definition) is 5. The zero-order valence-electron chi connectivity index (χ0n) is 17.7. The van der Waals surface area contributed by atoms with Crippen LogP contribution in [0.15, 0.2) is 70.3 Å². The summed E-state index contributed by atoms with van der Waals surface area (Å²) in [5.74, 6) is 4.95. The maximum atomic E-state index is 12.1. The quantitative estimate of drug-likeness (QED) is 0.536. The van der Waals surface area contributed by atoms with Gasteiger partial charge in [0.1, 0.15) is 18.1 Å². The highest BCUT2D eigenvalue weighted by Gasteiger charge is 2.33. The van der Waals surface area contributed by atoms with Crippen molar-refractivity contribution in [1.82, 2.24) is 5.32 Å². The van der Waals surface area contributed by atoms with Gasteiger partial charge in [-0.1, -0.05) is 24.0 Å². The Bertz CT molecular complexity index is 1090. The second-order valence-corrected chi connectivity index (χ2v) is 7.75. The molecular weight excluding hydrogens is 410 g/mol. The number of nitrogens with one attached hydrogen (secondary N) is 1. The summed E-state index contributed by atoms with van der Waals surface area (Å²) in [4.78, 5) is 22.1. The SMILES string of the molecule is Cc1cccc(C#C[C@]2(O)CCC[C@H](NC(=O)c3ccoc3)C2)c1.O=C(O)c1ccoc1. The number of rotatable bonds is 3. The number of aromatic carboxylic acids is 1. The number of benzene rings is 1. The van der Waals surface area contributed by atoms with Crippen molar-refractivity contribution in [2.24, 2.45) is 0 Å². The third kappa shape index (κ3) is 6.62. The Morgan fingerprint density at radius 3 is 2.44 bits per heavy atom. The standard InChI is InChI=1S/C20H21NO3.C5H4O3/c1-15-4-2-5-16(12-15)7-10-20(23)9-3-6-18(13-20)21-19(22)17-8-11-24-14-17;6-5(7)4-1-2-8-3-4/h2,4-5,8,11-12,14,18,23H,3,6,9,13H2,1H3,(H,21,22);1-3H,(H,6,7)/t18-,20+;/m0./s1. The molecule has 3 N–H and O–H groups in total. The van der Waals surface area contributed by atoms with Gasteiger partial charge in [-0.05, 0) is 56.0 Å². The van der Waals surface area contributed by atoms with Crippen LogP contribution in [0.5, 0.6) is 0 Å². The van der Waals surface area contributed by atoms with Gasteiger partial charge in [-0.25, -0.2) is 4.79 Å². The molecule has 2 heterocycles. The smallest absolute Gasteiger partial charge is 0.338 e. The molecule has 0 radical (unpaired) electrons. The van der Waals surface area contributed by atoms with Crippen LogP contribution in [0.1, 0.15) is 57.5 Å². The Morgan fingerprint density at radius 2 is 1.84 bits per heavy atom. The van der Waals surface area contributed by atoms with E-state index in [9.17, 15) is 14.7 Å². The summed E-state index contributed by atoms with van der Waals surface area (Å²) in [7, 11) is 0. The van der Waals surface area contributed by atoms with Crippen molar-refractivity contribution in [2.45, 2.75) is 44.2 Å². The molecule has 32 heavy (non-hydrogen) atoms. The van der Waals surface area contributed by atoms with Crippen LogP contribution >= 0.6 is 0 Å². The van der Waals surface area contributed by atoms with Crippen LogP contribution in [-0.2, 0) is 0 Å². The van der Waals surface area contributed by atoms with Gasteiger partial charge >= 0.3 is 5.97 Å². The van der Waals surface area contributed by atoms with Gasteiger partial charge in [0.25, 0.3) is 5.91 Å². The van der Waals surface area contributed by atoms with E-state index in [4.69, 9.17) is 9.52 Å². The Kier molecular flexibility index (Phi) is 7.53. The van der Waals surface area contributed by atoms with E-state index in [2.05, 4.69) is 21.6 Å². The lowest BCUT2D eigenvalue weighted by Crippen LogP contribution is -2.45. The number of carbonyl (C=O) groups is 2. The van der Waals surface area contributed by atoms with E-state index >= 15 is 0 Å². The molecule has 2 aromatic heterocycles. The first-order valence-corrected chi connectivity index (χ1v) is 10.3. The average molecular weight is 435 g/mol. The summed E-state index contributed by atoms with van der Waals surface area (Å²) < 4.78 is 9.43. The molecule has 0 bridgehead atoms.